The molecule has 4 nitrogen and oxygen atoms in total. The van der Waals surface area contributed by atoms with Gasteiger partial charge in [-0.05, 0) is 44.2 Å². The summed E-state index contributed by atoms with van der Waals surface area (Å²) in [4.78, 5) is 14.8. The molecule has 0 bridgehead atoms. The zero-order valence-corrected chi connectivity index (χ0v) is 12.1. The van der Waals surface area contributed by atoms with Gasteiger partial charge in [-0.15, -0.1) is 0 Å². The molecule has 1 unspecified atom stereocenters. The molecular formula is C15H22N2O2. The average molecular weight is 262 g/mol. The van der Waals surface area contributed by atoms with Gasteiger partial charge in [0.25, 0.3) is 0 Å². The van der Waals surface area contributed by atoms with Gasteiger partial charge >= 0.3 is 0 Å². The number of benzene rings is 1. The molecule has 1 aliphatic rings. The molecule has 1 aliphatic heterocycles. The summed E-state index contributed by atoms with van der Waals surface area (Å²) >= 11 is 0. The Labute approximate surface area is 114 Å². The fourth-order valence-electron chi connectivity index (χ4n) is 2.56. The van der Waals surface area contributed by atoms with Crippen LogP contribution in [0, 0.1) is 13.8 Å². The topological polar surface area (TPSA) is 41.6 Å². The SMILES string of the molecule is COc1ccc(C(=O)C2CNCCN2C)c(C)c1C. The van der Waals surface area contributed by atoms with Gasteiger partial charge in [0, 0.05) is 25.2 Å². The lowest BCUT2D eigenvalue weighted by Crippen LogP contribution is -2.53. The largest absolute Gasteiger partial charge is 0.496 e. The molecule has 0 amide bonds. The summed E-state index contributed by atoms with van der Waals surface area (Å²) in [5.41, 5.74) is 2.86. The number of piperazine rings is 1. The lowest BCUT2D eigenvalue weighted by atomic mass is 9.94. The van der Waals surface area contributed by atoms with Crippen molar-refractivity contribution in [1.29, 1.82) is 0 Å². The van der Waals surface area contributed by atoms with Crippen molar-refractivity contribution in [1.82, 2.24) is 10.2 Å². The number of carbonyl (C=O) groups excluding carboxylic acids is 1. The van der Waals surface area contributed by atoms with Crippen LogP contribution >= 0.6 is 0 Å². The molecule has 0 aromatic heterocycles. The Bertz CT molecular complexity index is 485. The first-order chi connectivity index (χ1) is 9.06. The predicted molar refractivity (Wildman–Crippen MR) is 76.1 cm³/mol. The number of nitrogens with one attached hydrogen (secondary N) is 1. The minimum atomic E-state index is -0.0692. The van der Waals surface area contributed by atoms with E-state index in [1.807, 2.05) is 33.0 Å². The third-order valence-corrected chi connectivity index (χ3v) is 4.04. The fraction of sp³-hybridized carbons (Fsp3) is 0.533. The van der Waals surface area contributed by atoms with Crippen LogP contribution in [-0.4, -0.2) is 50.5 Å². The zero-order valence-electron chi connectivity index (χ0n) is 12.1. The van der Waals surface area contributed by atoms with E-state index < -0.39 is 0 Å². The van der Waals surface area contributed by atoms with Crippen LogP contribution in [0.15, 0.2) is 12.1 Å². The van der Waals surface area contributed by atoms with E-state index in [1.54, 1.807) is 7.11 Å². The Balaban J connectivity index is 2.31. The van der Waals surface area contributed by atoms with Crippen molar-refractivity contribution < 1.29 is 9.53 Å². The number of likely N-dealkylation sites (N-methyl/N-ethyl adjacent to an activating group) is 1. The zero-order chi connectivity index (χ0) is 14.0. The van der Waals surface area contributed by atoms with Crippen LogP contribution in [0.5, 0.6) is 5.75 Å². The molecule has 104 valence electrons. The van der Waals surface area contributed by atoms with Crippen molar-refractivity contribution in [3.63, 3.8) is 0 Å². The molecule has 0 radical (unpaired) electrons. The van der Waals surface area contributed by atoms with E-state index >= 15 is 0 Å². The van der Waals surface area contributed by atoms with Gasteiger partial charge in [0.05, 0.1) is 13.2 Å². The smallest absolute Gasteiger partial charge is 0.181 e. The van der Waals surface area contributed by atoms with E-state index in [-0.39, 0.29) is 11.8 Å². The van der Waals surface area contributed by atoms with Crippen molar-refractivity contribution in [2.45, 2.75) is 19.9 Å². The highest BCUT2D eigenvalue weighted by atomic mass is 16.5. The predicted octanol–water partition coefficient (Wildman–Crippen LogP) is 1.40. The van der Waals surface area contributed by atoms with Crippen LogP contribution < -0.4 is 10.1 Å². The van der Waals surface area contributed by atoms with E-state index in [2.05, 4.69) is 10.2 Å². The van der Waals surface area contributed by atoms with Gasteiger partial charge in [0.1, 0.15) is 5.75 Å². The first kappa shape index (κ1) is 14.0. The molecule has 4 heteroatoms. The van der Waals surface area contributed by atoms with Crippen LogP contribution in [-0.2, 0) is 0 Å². The molecule has 1 heterocycles. The maximum atomic E-state index is 12.7. The normalized spacial score (nSPS) is 20.3. The number of carbonyl (C=O) groups is 1. The maximum Gasteiger partial charge on any atom is 0.181 e. The summed E-state index contributed by atoms with van der Waals surface area (Å²) < 4.78 is 5.29. The molecule has 1 fully saturated rings. The first-order valence-electron chi connectivity index (χ1n) is 6.65. The Kier molecular flexibility index (Phi) is 4.22. The van der Waals surface area contributed by atoms with Crippen LogP contribution in [0.4, 0.5) is 0 Å². The summed E-state index contributed by atoms with van der Waals surface area (Å²) in [7, 11) is 3.66. The van der Waals surface area contributed by atoms with Crippen LogP contribution in [0.1, 0.15) is 21.5 Å². The molecule has 0 saturated carbocycles. The van der Waals surface area contributed by atoms with Crippen molar-refractivity contribution in [3.05, 3.63) is 28.8 Å². The van der Waals surface area contributed by atoms with Gasteiger partial charge in [-0.2, -0.15) is 0 Å². The third-order valence-electron chi connectivity index (χ3n) is 4.04. The Hall–Kier alpha value is -1.39. The number of rotatable bonds is 3. The molecule has 1 saturated heterocycles. The van der Waals surface area contributed by atoms with Crippen molar-refractivity contribution in [2.24, 2.45) is 0 Å². The molecule has 1 N–H and O–H groups in total. The molecular weight excluding hydrogens is 240 g/mol. The quantitative estimate of drug-likeness (QED) is 0.836. The lowest BCUT2D eigenvalue weighted by molar-refractivity contribution is 0.0818. The van der Waals surface area contributed by atoms with E-state index in [9.17, 15) is 4.79 Å². The summed E-state index contributed by atoms with van der Waals surface area (Å²) in [6.07, 6.45) is 0. The molecule has 19 heavy (non-hydrogen) atoms. The van der Waals surface area contributed by atoms with Gasteiger partial charge in [-0.25, -0.2) is 0 Å². The number of hydrogen-bond donors (Lipinski definition) is 1. The van der Waals surface area contributed by atoms with Crippen LogP contribution in [0.2, 0.25) is 0 Å². The van der Waals surface area contributed by atoms with E-state index in [4.69, 9.17) is 4.74 Å². The number of nitrogens with zero attached hydrogens (tertiary/aromatic N) is 1. The number of ether oxygens (including phenoxy) is 1. The van der Waals surface area contributed by atoms with E-state index in [0.29, 0.717) is 0 Å². The Morgan fingerprint density at radius 2 is 2.11 bits per heavy atom. The lowest BCUT2D eigenvalue weighted by Gasteiger charge is -2.32. The molecule has 1 aromatic carbocycles. The second-order valence-corrected chi connectivity index (χ2v) is 5.13. The number of ketones is 1. The Morgan fingerprint density at radius 3 is 2.74 bits per heavy atom. The summed E-state index contributed by atoms with van der Waals surface area (Å²) in [5.74, 6) is 1.03. The van der Waals surface area contributed by atoms with Crippen molar-refractivity contribution in [3.8, 4) is 5.75 Å². The molecule has 0 spiro atoms. The standard InChI is InChI=1S/C15H22N2O2/c1-10-11(2)14(19-4)6-5-12(10)15(18)13-9-16-7-8-17(13)3/h5-6,13,16H,7-9H2,1-4H3. The molecule has 1 atom stereocenters. The van der Waals surface area contributed by atoms with Gasteiger partial charge < -0.3 is 10.1 Å². The summed E-state index contributed by atoms with van der Waals surface area (Å²) in [6, 6.07) is 3.69. The number of Topliss-reactive ketones (excluding diaryl/α,β-unsaturated/α-hetero) is 1. The first-order valence-corrected chi connectivity index (χ1v) is 6.65. The third kappa shape index (κ3) is 2.65. The van der Waals surface area contributed by atoms with Crippen LogP contribution in [0.25, 0.3) is 0 Å². The van der Waals surface area contributed by atoms with E-state index in [0.717, 1.165) is 42.1 Å². The molecule has 0 aliphatic carbocycles. The molecule has 1 aromatic rings. The highest BCUT2D eigenvalue weighted by Gasteiger charge is 2.28. The van der Waals surface area contributed by atoms with E-state index in [1.165, 1.54) is 0 Å². The van der Waals surface area contributed by atoms with Crippen LogP contribution in [0.3, 0.4) is 0 Å². The minimum Gasteiger partial charge on any atom is -0.496 e. The fourth-order valence-corrected chi connectivity index (χ4v) is 2.56. The Morgan fingerprint density at radius 1 is 1.37 bits per heavy atom. The highest BCUT2D eigenvalue weighted by molar-refractivity contribution is 6.02. The van der Waals surface area contributed by atoms with Crippen molar-refractivity contribution >= 4 is 5.78 Å². The van der Waals surface area contributed by atoms with Crippen molar-refractivity contribution in [2.75, 3.05) is 33.8 Å². The monoisotopic (exact) mass is 262 g/mol. The highest BCUT2D eigenvalue weighted by Crippen LogP contribution is 2.25. The average Bonchev–Trinajstić information content (AvgIpc) is 2.41. The minimum absolute atomic E-state index is 0.0692. The van der Waals surface area contributed by atoms with Gasteiger partial charge in [0.2, 0.25) is 0 Å². The summed E-state index contributed by atoms with van der Waals surface area (Å²) in [5, 5.41) is 3.29. The van der Waals surface area contributed by atoms with Gasteiger partial charge in [0.15, 0.2) is 5.78 Å². The second-order valence-electron chi connectivity index (χ2n) is 5.13. The van der Waals surface area contributed by atoms with Gasteiger partial charge in [-0.3, -0.25) is 9.69 Å². The number of hydrogen-bond acceptors (Lipinski definition) is 4. The van der Waals surface area contributed by atoms with Gasteiger partial charge in [-0.1, -0.05) is 0 Å². The summed E-state index contributed by atoms with van der Waals surface area (Å²) in [6.45, 7) is 6.56. The number of methoxy groups -OCH3 is 1. The second kappa shape index (κ2) is 5.72. The maximum absolute atomic E-state index is 12.7. The molecule has 2 rings (SSSR count).